The molecule has 0 bridgehead atoms. The first-order valence-corrected chi connectivity index (χ1v) is 9.55. The van der Waals surface area contributed by atoms with Crippen molar-refractivity contribution in [3.63, 3.8) is 0 Å². The van der Waals surface area contributed by atoms with E-state index in [4.69, 9.17) is 5.11 Å². The number of aliphatic carboxylic acids is 1. The van der Waals surface area contributed by atoms with Crippen LogP contribution in [-0.2, 0) is 24.8 Å². The molecule has 1 heterocycles. The Morgan fingerprint density at radius 1 is 1.30 bits per heavy atom. The van der Waals surface area contributed by atoms with Crippen LogP contribution < -0.4 is 0 Å². The molecule has 1 aliphatic rings. The molecule has 0 aliphatic carbocycles. The molecule has 1 N–H and O–H groups in total. The maximum absolute atomic E-state index is 12.4. The molecular weight excluding hydrogens is 308 g/mol. The number of carboxylic acids is 1. The van der Waals surface area contributed by atoms with Crippen LogP contribution in [0.25, 0.3) is 0 Å². The summed E-state index contributed by atoms with van der Waals surface area (Å²) in [6, 6.07) is -0.804. The topological polar surface area (TPSA) is 112 Å². The highest BCUT2D eigenvalue weighted by molar-refractivity contribution is 7.91. The second kappa shape index (κ2) is 6.37. The van der Waals surface area contributed by atoms with E-state index in [0.29, 0.717) is 0 Å². The van der Waals surface area contributed by atoms with Gasteiger partial charge in [0.25, 0.3) is 10.2 Å². The monoisotopic (exact) mass is 328 g/mol. The van der Waals surface area contributed by atoms with Crippen LogP contribution in [0.2, 0.25) is 0 Å². The van der Waals surface area contributed by atoms with Crippen molar-refractivity contribution in [2.45, 2.75) is 26.3 Å². The minimum atomic E-state index is -3.97. The van der Waals surface area contributed by atoms with Crippen molar-refractivity contribution in [3.8, 4) is 0 Å². The Balaban J connectivity index is 3.10. The van der Waals surface area contributed by atoms with E-state index in [0.717, 1.165) is 8.61 Å². The fourth-order valence-corrected chi connectivity index (χ4v) is 5.84. The predicted octanol–water partition coefficient (Wildman–Crippen LogP) is -0.853. The lowest BCUT2D eigenvalue weighted by molar-refractivity contribution is -0.137. The quantitative estimate of drug-likeness (QED) is 0.651. The van der Waals surface area contributed by atoms with E-state index < -0.39 is 38.6 Å². The number of nitrogens with zero attached hydrogens (tertiary/aromatic N) is 2. The van der Waals surface area contributed by atoms with E-state index in [1.807, 2.05) is 0 Å². The lowest BCUT2D eigenvalue weighted by Crippen LogP contribution is -2.50. The molecule has 10 heteroatoms. The average Bonchev–Trinajstić information content (AvgIpc) is 2.67. The van der Waals surface area contributed by atoms with Gasteiger partial charge in [-0.05, 0) is 6.42 Å². The van der Waals surface area contributed by atoms with E-state index in [2.05, 4.69) is 0 Å². The van der Waals surface area contributed by atoms with E-state index in [-0.39, 0.29) is 31.0 Å². The van der Waals surface area contributed by atoms with Crippen LogP contribution >= 0.6 is 0 Å². The number of hydrogen-bond donors (Lipinski definition) is 1. The zero-order valence-corrected chi connectivity index (χ0v) is 13.2. The van der Waals surface area contributed by atoms with Gasteiger partial charge in [0.05, 0.1) is 11.5 Å². The summed E-state index contributed by atoms with van der Waals surface area (Å²) in [5.74, 6) is -1.73. The number of hydrogen-bond acceptors (Lipinski definition) is 5. The Morgan fingerprint density at radius 2 is 1.85 bits per heavy atom. The minimum absolute atomic E-state index is 0.110. The van der Waals surface area contributed by atoms with Crippen molar-refractivity contribution in [3.05, 3.63) is 0 Å². The standard InChI is InChI=1S/C10H20N2O6S2/c1-3-11(4-2)20(17,18)12(7-10(13)14)9-5-6-19(15,16)8-9/h9H,3-8H2,1-2H3,(H,13,14). The van der Waals surface area contributed by atoms with Gasteiger partial charge in [-0.25, -0.2) is 8.42 Å². The largest absolute Gasteiger partial charge is 0.480 e. The maximum Gasteiger partial charge on any atom is 0.318 e. The zero-order valence-electron chi connectivity index (χ0n) is 11.5. The van der Waals surface area contributed by atoms with Gasteiger partial charge in [0, 0.05) is 19.1 Å². The first-order chi connectivity index (χ1) is 9.14. The van der Waals surface area contributed by atoms with Gasteiger partial charge in [-0.1, -0.05) is 13.8 Å². The van der Waals surface area contributed by atoms with Gasteiger partial charge in [0.15, 0.2) is 9.84 Å². The van der Waals surface area contributed by atoms with E-state index in [1.54, 1.807) is 13.8 Å². The molecular formula is C10H20N2O6S2. The van der Waals surface area contributed by atoms with Crippen LogP contribution in [0, 0.1) is 0 Å². The summed E-state index contributed by atoms with van der Waals surface area (Å²) in [4.78, 5) is 10.9. The Hall–Kier alpha value is -0.710. The summed E-state index contributed by atoms with van der Waals surface area (Å²) in [5, 5.41) is 8.89. The Labute approximate surface area is 119 Å². The molecule has 20 heavy (non-hydrogen) atoms. The normalized spacial score (nSPS) is 22.5. The van der Waals surface area contributed by atoms with Crippen molar-refractivity contribution in [1.82, 2.24) is 8.61 Å². The van der Waals surface area contributed by atoms with Gasteiger partial charge < -0.3 is 5.11 Å². The second-order valence-corrected chi connectivity index (χ2v) is 8.70. The fourth-order valence-electron chi connectivity index (χ4n) is 2.23. The van der Waals surface area contributed by atoms with Crippen molar-refractivity contribution in [1.29, 1.82) is 0 Å². The Morgan fingerprint density at radius 3 is 2.20 bits per heavy atom. The molecule has 0 aromatic carbocycles. The van der Waals surface area contributed by atoms with Gasteiger partial charge in [-0.15, -0.1) is 0 Å². The molecule has 1 fully saturated rings. The smallest absolute Gasteiger partial charge is 0.318 e. The van der Waals surface area contributed by atoms with Crippen molar-refractivity contribution in [2.75, 3.05) is 31.1 Å². The molecule has 1 saturated heterocycles. The van der Waals surface area contributed by atoms with Crippen LogP contribution in [0.3, 0.4) is 0 Å². The molecule has 0 aromatic rings. The van der Waals surface area contributed by atoms with E-state index >= 15 is 0 Å². The van der Waals surface area contributed by atoms with Crippen LogP contribution in [0.15, 0.2) is 0 Å². The second-order valence-electron chi connectivity index (χ2n) is 4.59. The lowest BCUT2D eigenvalue weighted by Gasteiger charge is -2.30. The Bertz CT molecular complexity index is 552. The van der Waals surface area contributed by atoms with Crippen LogP contribution in [0.5, 0.6) is 0 Å². The molecule has 0 spiro atoms. The molecule has 1 unspecified atom stereocenters. The number of carbonyl (C=O) groups is 1. The fraction of sp³-hybridized carbons (Fsp3) is 0.900. The maximum atomic E-state index is 12.4. The number of carboxylic acid groups (broad SMARTS) is 1. The number of rotatable bonds is 7. The summed E-state index contributed by atoms with van der Waals surface area (Å²) < 4.78 is 49.7. The summed E-state index contributed by atoms with van der Waals surface area (Å²) in [7, 11) is -7.26. The first-order valence-electron chi connectivity index (χ1n) is 6.33. The first kappa shape index (κ1) is 17.3. The van der Waals surface area contributed by atoms with E-state index in [9.17, 15) is 21.6 Å². The number of sulfone groups is 1. The van der Waals surface area contributed by atoms with Gasteiger partial charge in [-0.2, -0.15) is 17.0 Å². The SMILES string of the molecule is CCN(CC)S(=O)(=O)N(CC(=O)O)C1CCS(=O)(=O)C1. The lowest BCUT2D eigenvalue weighted by atomic mass is 10.2. The Kier molecular flexibility index (Phi) is 5.53. The molecule has 1 aliphatic heterocycles. The molecule has 118 valence electrons. The predicted molar refractivity (Wildman–Crippen MR) is 73.2 cm³/mol. The van der Waals surface area contributed by atoms with Gasteiger partial charge in [0.1, 0.15) is 6.54 Å². The van der Waals surface area contributed by atoms with Gasteiger partial charge in [-0.3, -0.25) is 4.79 Å². The van der Waals surface area contributed by atoms with Crippen molar-refractivity contribution < 1.29 is 26.7 Å². The average molecular weight is 328 g/mol. The van der Waals surface area contributed by atoms with Crippen LogP contribution in [0.1, 0.15) is 20.3 Å². The van der Waals surface area contributed by atoms with Crippen molar-refractivity contribution in [2.24, 2.45) is 0 Å². The third-order valence-corrected chi connectivity index (χ3v) is 7.17. The highest BCUT2D eigenvalue weighted by atomic mass is 32.2. The molecule has 0 amide bonds. The molecule has 0 radical (unpaired) electrons. The van der Waals surface area contributed by atoms with Crippen molar-refractivity contribution >= 4 is 26.0 Å². The molecule has 1 rings (SSSR count). The molecule has 0 saturated carbocycles. The highest BCUT2D eigenvalue weighted by Crippen LogP contribution is 2.22. The molecule has 1 atom stereocenters. The molecule has 0 aromatic heterocycles. The summed E-state index contributed by atoms with van der Waals surface area (Å²) >= 11 is 0. The summed E-state index contributed by atoms with van der Waals surface area (Å²) in [6.45, 7) is 2.97. The molecule has 8 nitrogen and oxygen atoms in total. The third-order valence-electron chi connectivity index (χ3n) is 3.23. The summed E-state index contributed by atoms with van der Waals surface area (Å²) in [6.07, 6.45) is 0.135. The van der Waals surface area contributed by atoms with Crippen LogP contribution in [-0.4, -0.2) is 73.7 Å². The van der Waals surface area contributed by atoms with Crippen LogP contribution in [0.4, 0.5) is 0 Å². The highest BCUT2D eigenvalue weighted by Gasteiger charge is 2.40. The summed E-state index contributed by atoms with van der Waals surface area (Å²) in [5.41, 5.74) is 0. The van der Waals surface area contributed by atoms with E-state index in [1.165, 1.54) is 0 Å². The van der Waals surface area contributed by atoms with Gasteiger partial charge in [0.2, 0.25) is 0 Å². The third kappa shape index (κ3) is 3.90. The zero-order chi connectivity index (χ0) is 15.6. The minimum Gasteiger partial charge on any atom is -0.480 e. The van der Waals surface area contributed by atoms with Gasteiger partial charge >= 0.3 is 5.97 Å².